The van der Waals surface area contributed by atoms with Crippen LogP contribution in [0.3, 0.4) is 0 Å². The van der Waals surface area contributed by atoms with Crippen LogP contribution < -0.4 is 5.32 Å². The molecule has 0 bridgehead atoms. The molecule has 9 heteroatoms. The summed E-state index contributed by atoms with van der Waals surface area (Å²) in [6.07, 6.45) is -0.648. The van der Waals surface area contributed by atoms with Crippen molar-refractivity contribution < 1.29 is 22.1 Å². The number of amides is 1. The first-order valence-electron chi connectivity index (χ1n) is 7.39. The van der Waals surface area contributed by atoms with E-state index >= 15 is 0 Å². The Labute approximate surface area is 137 Å². The molecule has 1 N–H and O–H groups in total. The van der Waals surface area contributed by atoms with Gasteiger partial charge < -0.3 is 4.74 Å². The molecule has 1 rings (SSSR count). The molecule has 0 aromatic carbocycles. The number of nitrogens with zero attached hydrogens (tertiary/aromatic N) is 2. The van der Waals surface area contributed by atoms with Crippen LogP contribution in [0.1, 0.15) is 53.3 Å². The zero-order valence-corrected chi connectivity index (χ0v) is 15.2. The van der Waals surface area contributed by atoms with Crippen LogP contribution >= 0.6 is 0 Å². The van der Waals surface area contributed by atoms with Crippen molar-refractivity contribution in [1.29, 1.82) is 0 Å². The topological polar surface area (TPSA) is 99.5 Å². The van der Waals surface area contributed by atoms with Crippen LogP contribution in [-0.2, 0) is 24.8 Å². The van der Waals surface area contributed by atoms with E-state index in [2.05, 4.69) is 10.4 Å². The van der Waals surface area contributed by atoms with Crippen molar-refractivity contribution in [1.82, 2.24) is 9.78 Å². The van der Waals surface area contributed by atoms with Gasteiger partial charge in [0.15, 0.2) is 5.82 Å². The highest BCUT2D eigenvalue weighted by atomic mass is 32.2. The Bertz CT molecular complexity index is 644. The van der Waals surface area contributed by atoms with E-state index in [1.54, 1.807) is 27.7 Å². The minimum atomic E-state index is -3.69. The fraction of sp³-hybridized carbons (Fsp3) is 0.714. The minimum Gasteiger partial charge on any atom is -0.444 e. The molecule has 0 unspecified atom stereocenters. The molecule has 1 aromatic heterocycles. The first kappa shape index (κ1) is 19.4. The lowest BCUT2D eigenvalue weighted by Gasteiger charge is -2.19. The Morgan fingerprint density at radius 1 is 1.39 bits per heavy atom. The largest absolute Gasteiger partial charge is 0.444 e. The van der Waals surface area contributed by atoms with Gasteiger partial charge in [-0.1, -0.05) is 0 Å². The standard InChI is InChI=1S/C14H25N3O5S/c1-7-21-23(19,20)9-11-8-12(16-17(11)10(2)3)15-13(18)22-14(4,5)6/h8,10H,7,9H2,1-6H3,(H,15,16,18). The van der Waals surface area contributed by atoms with Crippen molar-refractivity contribution in [3.8, 4) is 0 Å². The maximum absolute atomic E-state index is 11.8. The van der Waals surface area contributed by atoms with Crippen LogP contribution in [0.15, 0.2) is 6.07 Å². The van der Waals surface area contributed by atoms with E-state index in [-0.39, 0.29) is 24.2 Å². The van der Waals surface area contributed by atoms with Crippen molar-refractivity contribution >= 4 is 22.0 Å². The summed E-state index contributed by atoms with van der Waals surface area (Å²) >= 11 is 0. The fourth-order valence-electron chi connectivity index (χ4n) is 1.86. The van der Waals surface area contributed by atoms with Crippen molar-refractivity contribution in [2.24, 2.45) is 0 Å². The summed E-state index contributed by atoms with van der Waals surface area (Å²) in [5.74, 6) is -0.0863. The van der Waals surface area contributed by atoms with E-state index in [1.807, 2.05) is 13.8 Å². The van der Waals surface area contributed by atoms with Crippen LogP contribution in [0, 0.1) is 0 Å². The summed E-state index contributed by atoms with van der Waals surface area (Å²) in [6.45, 7) is 10.6. The highest BCUT2D eigenvalue weighted by molar-refractivity contribution is 7.85. The van der Waals surface area contributed by atoms with Crippen molar-refractivity contribution in [3.63, 3.8) is 0 Å². The third-order valence-electron chi connectivity index (χ3n) is 2.55. The Balaban J connectivity index is 2.97. The third kappa shape index (κ3) is 6.57. The lowest BCUT2D eigenvalue weighted by molar-refractivity contribution is 0.0635. The molecule has 0 radical (unpaired) electrons. The van der Waals surface area contributed by atoms with E-state index in [9.17, 15) is 13.2 Å². The number of hydrogen-bond acceptors (Lipinski definition) is 6. The maximum Gasteiger partial charge on any atom is 0.413 e. The molecule has 0 saturated heterocycles. The van der Waals surface area contributed by atoms with Gasteiger partial charge in [0, 0.05) is 12.1 Å². The average Bonchev–Trinajstić information content (AvgIpc) is 2.67. The molecule has 0 aliphatic heterocycles. The summed E-state index contributed by atoms with van der Waals surface area (Å²) in [4.78, 5) is 11.8. The van der Waals surface area contributed by atoms with Gasteiger partial charge in [-0.25, -0.2) is 4.79 Å². The Kier molecular flexibility index (Phi) is 6.18. The molecule has 0 spiro atoms. The second-order valence-corrected chi connectivity index (χ2v) is 7.93. The van der Waals surface area contributed by atoms with E-state index in [0.717, 1.165) is 0 Å². The summed E-state index contributed by atoms with van der Waals surface area (Å²) in [5.41, 5.74) is -0.203. The van der Waals surface area contributed by atoms with Gasteiger partial charge in [0.05, 0.1) is 12.3 Å². The van der Waals surface area contributed by atoms with Crippen LogP contribution in [0.5, 0.6) is 0 Å². The van der Waals surface area contributed by atoms with Gasteiger partial charge in [-0.15, -0.1) is 0 Å². The fourth-order valence-corrected chi connectivity index (χ4v) is 2.88. The molecule has 0 atom stereocenters. The van der Waals surface area contributed by atoms with Crippen molar-refractivity contribution in [3.05, 3.63) is 11.8 Å². The van der Waals surface area contributed by atoms with Crippen LogP contribution in [-0.4, -0.2) is 36.5 Å². The third-order valence-corrected chi connectivity index (χ3v) is 3.80. The number of ether oxygens (including phenoxy) is 1. The Morgan fingerprint density at radius 3 is 2.48 bits per heavy atom. The SMILES string of the molecule is CCOS(=O)(=O)Cc1cc(NC(=O)OC(C)(C)C)nn1C(C)C. The minimum absolute atomic E-state index is 0.0706. The number of aromatic nitrogens is 2. The lowest BCUT2D eigenvalue weighted by Crippen LogP contribution is -2.27. The van der Waals surface area contributed by atoms with Gasteiger partial charge >= 0.3 is 6.09 Å². The first-order chi connectivity index (χ1) is 10.4. The van der Waals surface area contributed by atoms with E-state index in [4.69, 9.17) is 8.92 Å². The summed E-state index contributed by atoms with van der Waals surface area (Å²) in [5, 5.41) is 6.71. The van der Waals surface area contributed by atoms with Crippen molar-refractivity contribution in [2.45, 2.75) is 58.9 Å². The normalized spacial score (nSPS) is 12.5. The molecule has 1 amide bonds. The molecule has 132 valence electrons. The van der Waals surface area contributed by atoms with Gasteiger partial charge in [-0.3, -0.25) is 14.2 Å². The number of hydrogen-bond donors (Lipinski definition) is 1. The summed E-state index contributed by atoms with van der Waals surface area (Å²) in [6, 6.07) is 1.43. The molecule has 0 aliphatic carbocycles. The molecule has 0 fully saturated rings. The Hall–Kier alpha value is -1.61. The summed E-state index contributed by atoms with van der Waals surface area (Å²) < 4.78 is 35.1. The van der Waals surface area contributed by atoms with Gasteiger partial charge in [0.2, 0.25) is 0 Å². The summed E-state index contributed by atoms with van der Waals surface area (Å²) in [7, 11) is -3.69. The molecular formula is C14H25N3O5S. The quantitative estimate of drug-likeness (QED) is 0.794. The van der Waals surface area contributed by atoms with E-state index in [1.165, 1.54) is 10.7 Å². The molecule has 23 heavy (non-hydrogen) atoms. The van der Waals surface area contributed by atoms with Gasteiger partial charge in [-0.2, -0.15) is 13.5 Å². The van der Waals surface area contributed by atoms with Gasteiger partial charge in [0.1, 0.15) is 11.4 Å². The highest BCUT2D eigenvalue weighted by Crippen LogP contribution is 2.19. The molecule has 0 saturated carbocycles. The zero-order chi connectivity index (χ0) is 17.8. The number of anilines is 1. The van der Waals surface area contributed by atoms with E-state index < -0.39 is 21.8 Å². The second kappa shape index (κ2) is 7.31. The average molecular weight is 347 g/mol. The lowest BCUT2D eigenvalue weighted by atomic mass is 10.2. The van der Waals surface area contributed by atoms with Crippen LogP contribution in [0.25, 0.3) is 0 Å². The highest BCUT2D eigenvalue weighted by Gasteiger charge is 2.21. The van der Waals surface area contributed by atoms with E-state index in [0.29, 0.717) is 5.69 Å². The molecular weight excluding hydrogens is 322 g/mol. The zero-order valence-electron chi connectivity index (χ0n) is 14.4. The van der Waals surface area contributed by atoms with Gasteiger partial charge in [-0.05, 0) is 41.5 Å². The monoisotopic (exact) mass is 347 g/mol. The smallest absolute Gasteiger partial charge is 0.413 e. The number of carbonyl (C=O) groups excluding carboxylic acids is 1. The molecule has 0 aliphatic rings. The maximum atomic E-state index is 11.8. The van der Waals surface area contributed by atoms with Crippen molar-refractivity contribution in [2.75, 3.05) is 11.9 Å². The number of nitrogens with one attached hydrogen (secondary N) is 1. The van der Waals surface area contributed by atoms with Gasteiger partial charge in [0.25, 0.3) is 10.1 Å². The van der Waals surface area contributed by atoms with Crippen LogP contribution in [0.2, 0.25) is 0 Å². The van der Waals surface area contributed by atoms with Crippen LogP contribution in [0.4, 0.5) is 10.6 Å². The molecule has 1 heterocycles. The first-order valence-corrected chi connectivity index (χ1v) is 8.97. The molecule has 8 nitrogen and oxygen atoms in total. The predicted molar refractivity (Wildman–Crippen MR) is 86.7 cm³/mol. The number of rotatable bonds is 6. The Morgan fingerprint density at radius 2 is 2.00 bits per heavy atom. The second-order valence-electron chi connectivity index (χ2n) is 6.29. The molecule has 1 aromatic rings. The number of carbonyl (C=O) groups is 1. The predicted octanol–water partition coefficient (Wildman–Crippen LogP) is 2.68.